The number of nitrogens with zero attached hydrogens (tertiary/aromatic N) is 1. The van der Waals surface area contributed by atoms with E-state index in [0.717, 1.165) is 48.7 Å². The molecular formula is C20H29Cl2N3O3S. The van der Waals surface area contributed by atoms with E-state index in [0.29, 0.717) is 17.9 Å². The van der Waals surface area contributed by atoms with Crippen molar-refractivity contribution in [3.8, 4) is 22.1 Å². The van der Waals surface area contributed by atoms with Crippen LogP contribution in [0.4, 0.5) is 0 Å². The number of methoxy groups -OCH3 is 2. The number of piperidine rings is 1. The van der Waals surface area contributed by atoms with Crippen LogP contribution >= 0.6 is 36.2 Å². The normalized spacial score (nSPS) is 14.9. The quantitative estimate of drug-likeness (QED) is 0.656. The van der Waals surface area contributed by atoms with E-state index in [2.05, 4.69) is 22.5 Å². The van der Waals surface area contributed by atoms with Crippen molar-refractivity contribution in [1.82, 2.24) is 15.6 Å². The van der Waals surface area contributed by atoms with Crippen LogP contribution in [0, 0.1) is 5.41 Å². The zero-order chi connectivity index (χ0) is 19.3. The maximum absolute atomic E-state index is 12.3. The maximum Gasteiger partial charge on any atom is 0.226 e. The van der Waals surface area contributed by atoms with Gasteiger partial charge in [0.2, 0.25) is 5.91 Å². The number of hydrogen-bond acceptors (Lipinski definition) is 6. The predicted molar refractivity (Wildman–Crippen MR) is 122 cm³/mol. The molecule has 0 unspecified atom stereocenters. The van der Waals surface area contributed by atoms with Gasteiger partial charge in [0.15, 0.2) is 11.5 Å². The van der Waals surface area contributed by atoms with E-state index in [1.54, 1.807) is 14.2 Å². The number of hydrogen-bond donors (Lipinski definition) is 2. The molecule has 3 rings (SSSR count). The molecule has 6 nitrogen and oxygen atoms in total. The molecule has 0 atom stereocenters. The Kier molecular flexibility index (Phi) is 10.2. The predicted octanol–water partition coefficient (Wildman–Crippen LogP) is 3.72. The van der Waals surface area contributed by atoms with Crippen LogP contribution in [0.3, 0.4) is 0 Å². The lowest BCUT2D eigenvalue weighted by Crippen LogP contribution is -2.43. The first-order chi connectivity index (χ1) is 13.0. The van der Waals surface area contributed by atoms with Gasteiger partial charge >= 0.3 is 0 Å². The Morgan fingerprint density at radius 1 is 1.21 bits per heavy atom. The topological polar surface area (TPSA) is 72.5 Å². The SMILES string of the molecule is COc1ccc(-c2nc(CC(=O)NCC3(C)CCNCC3)cs2)cc1OC.Cl.Cl. The summed E-state index contributed by atoms with van der Waals surface area (Å²) in [5.74, 6) is 1.38. The summed E-state index contributed by atoms with van der Waals surface area (Å²) in [7, 11) is 3.23. The molecule has 2 heterocycles. The van der Waals surface area contributed by atoms with Gasteiger partial charge in [0.1, 0.15) is 5.01 Å². The third-order valence-electron chi connectivity index (χ3n) is 5.05. The highest BCUT2D eigenvalue weighted by Gasteiger charge is 2.27. The van der Waals surface area contributed by atoms with E-state index in [-0.39, 0.29) is 36.1 Å². The number of ether oxygens (including phenoxy) is 2. The Labute approximate surface area is 188 Å². The average molecular weight is 462 g/mol. The molecule has 9 heteroatoms. The number of rotatable bonds is 7. The lowest BCUT2D eigenvalue weighted by Gasteiger charge is -2.34. The Hall–Kier alpha value is -1.54. The molecule has 0 aliphatic carbocycles. The summed E-state index contributed by atoms with van der Waals surface area (Å²) in [6, 6.07) is 5.71. The third-order valence-corrected chi connectivity index (χ3v) is 5.99. The molecule has 0 saturated carbocycles. The van der Waals surface area contributed by atoms with Gasteiger partial charge in [-0.15, -0.1) is 36.2 Å². The maximum atomic E-state index is 12.3. The van der Waals surface area contributed by atoms with Gasteiger partial charge in [0.05, 0.1) is 26.3 Å². The molecular weight excluding hydrogens is 433 g/mol. The number of carbonyl (C=O) groups excluding carboxylic acids is 1. The smallest absolute Gasteiger partial charge is 0.226 e. The Balaban J connectivity index is 0.00000210. The number of halogens is 2. The van der Waals surface area contributed by atoms with Crippen LogP contribution in [0.1, 0.15) is 25.5 Å². The van der Waals surface area contributed by atoms with Gasteiger partial charge < -0.3 is 20.1 Å². The first kappa shape index (κ1) is 25.5. The van der Waals surface area contributed by atoms with Crippen LogP contribution in [0.5, 0.6) is 11.5 Å². The van der Waals surface area contributed by atoms with Gasteiger partial charge in [0.25, 0.3) is 0 Å². The molecule has 0 radical (unpaired) electrons. The molecule has 1 aliphatic rings. The highest BCUT2D eigenvalue weighted by atomic mass is 35.5. The van der Waals surface area contributed by atoms with Crippen LogP contribution in [0.25, 0.3) is 10.6 Å². The Morgan fingerprint density at radius 2 is 1.90 bits per heavy atom. The van der Waals surface area contributed by atoms with Crippen molar-refractivity contribution >= 4 is 42.1 Å². The molecule has 0 bridgehead atoms. The molecule has 1 aliphatic heterocycles. The number of benzene rings is 1. The van der Waals surface area contributed by atoms with Gasteiger partial charge in [-0.3, -0.25) is 4.79 Å². The van der Waals surface area contributed by atoms with Crippen molar-refractivity contribution in [3.05, 3.63) is 29.3 Å². The van der Waals surface area contributed by atoms with Crippen molar-refractivity contribution in [2.24, 2.45) is 5.41 Å². The highest BCUT2D eigenvalue weighted by Crippen LogP contribution is 2.33. The number of carbonyl (C=O) groups is 1. The van der Waals surface area contributed by atoms with Crippen molar-refractivity contribution in [3.63, 3.8) is 0 Å². The summed E-state index contributed by atoms with van der Waals surface area (Å²) < 4.78 is 10.6. The summed E-state index contributed by atoms with van der Waals surface area (Å²) in [5.41, 5.74) is 1.93. The van der Waals surface area contributed by atoms with Crippen LogP contribution < -0.4 is 20.1 Å². The molecule has 1 aromatic heterocycles. The van der Waals surface area contributed by atoms with Gasteiger partial charge in [-0.1, -0.05) is 6.92 Å². The van der Waals surface area contributed by atoms with Gasteiger partial charge in [-0.05, 0) is 49.5 Å². The number of amides is 1. The fourth-order valence-corrected chi connectivity index (χ4v) is 4.05. The van der Waals surface area contributed by atoms with Crippen molar-refractivity contribution in [2.75, 3.05) is 33.9 Å². The Bertz CT molecular complexity index is 795. The zero-order valence-electron chi connectivity index (χ0n) is 16.9. The van der Waals surface area contributed by atoms with Gasteiger partial charge in [-0.25, -0.2) is 4.98 Å². The van der Waals surface area contributed by atoms with Crippen molar-refractivity contribution < 1.29 is 14.3 Å². The largest absolute Gasteiger partial charge is 0.493 e. The standard InChI is InChI=1S/C20H27N3O3S.2ClH/c1-20(6-8-21-9-7-20)13-22-18(24)11-15-12-27-19(23-15)14-4-5-16(25-2)17(10-14)26-3;;/h4-5,10,12,21H,6-9,11,13H2,1-3H3,(H,22,24);2*1H. The molecule has 1 aromatic carbocycles. The van der Waals surface area contributed by atoms with Crippen LogP contribution in [-0.4, -0.2) is 44.7 Å². The van der Waals surface area contributed by atoms with E-state index < -0.39 is 0 Å². The number of nitrogens with one attached hydrogen (secondary N) is 2. The summed E-state index contributed by atoms with van der Waals surface area (Å²) >= 11 is 1.53. The summed E-state index contributed by atoms with van der Waals surface area (Å²) in [4.78, 5) is 16.9. The van der Waals surface area contributed by atoms with Crippen molar-refractivity contribution in [2.45, 2.75) is 26.2 Å². The minimum absolute atomic E-state index is 0. The molecule has 1 amide bonds. The third kappa shape index (κ3) is 6.74. The van der Waals surface area contributed by atoms with E-state index in [4.69, 9.17) is 9.47 Å². The first-order valence-corrected chi connectivity index (χ1v) is 10.1. The fraction of sp³-hybridized carbons (Fsp3) is 0.500. The lowest BCUT2D eigenvalue weighted by atomic mass is 9.81. The average Bonchev–Trinajstić information content (AvgIpc) is 3.15. The number of thiazole rings is 1. The van der Waals surface area contributed by atoms with Gasteiger partial charge in [0, 0.05) is 17.5 Å². The highest BCUT2D eigenvalue weighted by molar-refractivity contribution is 7.13. The summed E-state index contributed by atoms with van der Waals surface area (Å²) in [5, 5.41) is 9.26. The second-order valence-corrected chi connectivity index (χ2v) is 8.09. The summed E-state index contributed by atoms with van der Waals surface area (Å²) in [6.07, 6.45) is 2.49. The molecule has 0 spiro atoms. The van der Waals surface area contributed by atoms with E-state index in [1.807, 2.05) is 23.6 Å². The van der Waals surface area contributed by atoms with Gasteiger partial charge in [-0.2, -0.15) is 0 Å². The summed E-state index contributed by atoms with van der Waals surface area (Å²) in [6.45, 7) is 5.01. The molecule has 2 N–H and O–H groups in total. The Morgan fingerprint density at radius 3 is 2.55 bits per heavy atom. The molecule has 162 valence electrons. The van der Waals surface area contributed by atoms with E-state index >= 15 is 0 Å². The zero-order valence-corrected chi connectivity index (χ0v) is 19.4. The first-order valence-electron chi connectivity index (χ1n) is 9.17. The minimum Gasteiger partial charge on any atom is -0.493 e. The van der Waals surface area contributed by atoms with Crippen molar-refractivity contribution in [1.29, 1.82) is 0 Å². The fourth-order valence-electron chi connectivity index (χ4n) is 3.24. The molecule has 1 fully saturated rings. The van der Waals surface area contributed by atoms with Crippen LogP contribution in [0.2, 0.25) is 0 Å². The second-order valence-electron chi connectivity index (χ2n) is 7.23. The lowest BCUT2D eigenvalue weighted by molar-refractivity contribution is -0.121. The van der Waals surface area contributed by atoms with E-state index in [1.165, 1.54) is 11.3 Å². The minimum atomic E-state index is 0. The van der Waals surface area contributed by atoms with E-state index in [9.17, 15) is 4.79 Å². The van der Waals surface area contributed by atoms with Crippen LogP contribution in [0.15, 0.2) is 23.6 Å². The molecule has 1 saturated heterocycles. The number of aromatic nitrogens is 1. The van der Waals surface area contributed by atoms with Crippen LogP contribution in [-0.2, 0) is 11.2 Å². The molecule has 2 aromatic rings. The second kappa shape index (κ2) is 11.6. The molecule has 29 heavy (non-hydrogen) atoms. The monoisotopic (exact) mass is 461 g/mol.